The molecule has 0 bridgehead atoms. The van der Waals surface area contributed by atoms with Crippen LogP contribution >= 0.6 is 15.9 Å². The van der Waals surface area contributed by atoms with Gasteiger partial charge in [0, 0.05) is 18.7 Å². The topological polar surface area (TPSA) is 38.1 Å². The van der Waals surface area contributed by atoms with Crippen LogP contribution in [0.4, 0.5) is 5.82 Å². The van der Waals surface area contributed by atoms with Crippen molar-refractivity contribution in [3.63, 3.8) is 0 Å². The summed E-state index contributed by atoms with van der Waals surface area (Å²) in [6.07, 6.45) is 4.35. The minimum Gasteiger partial charge on any atom is -0.469 e. The molecule has 90 valence electrons. The molecule has 1 N–H and O–H groups in total. The van der Waals surface area contributed by atoms with Gasteiger partial charge >= 0.3 is 0 Å². The fraction of sp³-hybridized carbons (Fsp3) is 0.308. The second kappa shape index (κ2) is 5.36. The highest BCUT2D eigenvalue weighted by molar-refractivity contribution is 9.10. The number of nitrogens with zero attached hydrogens (tertiary/aromatic N) is 1. The molecule has 3 nitrogen and oxygen atoms in total. The van der Waals surface area contributed by atoms with E-state index in [1.807, 2.05) is 31.3 Å². The predicted molar refractivity (Wildman–Crippen MR) is 72.2 cm³/mol. The summed E-state index contributed by atoms with van der Waals surface area (Å²) in [6.45, 7) is 4.16. The summed E-state index contributed by atoms with van der Waals surface area (Å²) < 4.78 is 6.34. The number of hydrogen-bond acceptors (Lipinski definition) is 3. The number of aryl methyl sites for hydroxylation is 1. The number of anilines is 1. The first-order valence-corrected chi connectivity index (χ1v) is 6.36. The van der Waals surface area contributed by atoms with Crippen molar-refractivity contribution in [3.8, 4) is 0 Å². The standard InChI is InChI=1S/C13H15BrN2O/c1-9-5-6-15-13(12(9)14)16-10(2)8-11-4-3-7-17-11/h3-7,10H,8H2,1-2H3,(H,15,16). The van der Waals surface area contributed by atoms with E-state index < -0.39 is 0 Å². The Labute approximate surface area is 109 Å². The molecule has 4 heteroatoms. The summed E-state index contributed by atoms with van der Waals surface area (Å²) in [4.78, 5) is 4.32. The number of rotatable bonds is 4. The molecule has 2 aromatic heterocycles. The lowest BCUT2D eigenvalue weighted by atomic mass is 10.2. The molecule has 0 aliphatic carbocycles. The van der Waals surface area contributed by atoms with E-state index in [0.29, 0.717) is 0 Å². The number of hydrogen-bond donors (Lipinski definition) is 1. The lowest BCUT2D eigenvalue weighted by molar-refractivity contribution is 0.497. The molecule has 0 aliphatic heterocycles. The summed E-state index contributed by atoms with van der Waals surface area (Å²) in [5.74, 6) is 1.86. The summed E-state index contributed by atoms with van der Waals surface area (Å²) in [7, 11) is 0. The van der Waals surface area contributed by atoms with Crippen LogP contribution in [0.25, 0.3) is 0 Å². The molecule has 0 saturated heterocycles. The van der Waals surface area contributed by atoms with E-state index in [9.17, 15) is 0 Å². The number of pyridine rings is 1. The molecule has 2 rings (SSSR count). The van der Waals surface area contributed by atoms with Crippen molar-refractivity contribution in [2.45, 2.75) is 26.3 Å². The maximum absolute atomic E-state index is 5.32. The Bertz CT molecular complexity index is 482. The van der Waals surface area contributed by atoms with Crippen LogP contribution in [-0.4, -0.2) is 11.0 Å². The Morgan fingerprint density at radius 3 is 3.00 bits per heavy atom. The van der Waals surface area contributed by atoms with Gasteiger partial charge in [-0.05, 0) is 53.5 Å². The van der Waals surface area contributed by atoms with Crippen LogP contribution in [0.2, 0.25) is 0 Å². The third-order valence-corrected chi connectivity index (χ3v) is 3.55. The molecule has 0 aromatic carbocycles. The largest absolute Gasteiger partial charge is 0.469 e. The van der Waals surface area contributed by atoms with Crippen molar-refractivity contribution >= 4 is 21.7 Å². The van der Waals surface area contributed by atoms with Gasteiger partial charge in [0.15, 0.2) is 0 Å². The van der Waals surface area contributed by atoms with Gasteiger partial charge in [0.25, 0.3) is 0 Å². The van der Waals surface area contributed by atoms with Crippen molar-refractivity contribution in [1.29, 1.82) is 0 Å². The molecule has 0 fully saturated rings. The van der Waals surface area contributed by atoms with Gasteiger partial charge in [0.1, 0.15) is 11.6 Å². The Morgan fingerprint density at radius 2 is 2.29 bits per heavy atom. The van der Waals surface area contributed by atoms with Gasteiger partial charge in [0.2, 0.25) is 0 Å². The van der Waals surface area contributed by atoms with Crippen LogP contribution in [0.1, 0.15) is 18.2 Å². The normalized spacial score (nSPS) is 12.4. The first-order valence-electron chi connectivity index (χ1n) is 5.57. The zero-order valence-electron chi connectivity index (χ0n) is 9.90. The van der Waals surface area contributed by atoms with Crippen LogP contribution in [0, 0.1) is 6.92 Å². The molecule has 2 aromatic rings. The highest BCUT2D eigenvalue weighted by Crippen LogP contribution is 2.24. The van der Waals surface area contributed by atoms with Gasteiger partial charge in [-0.1, -0.05) is 0 Å². The monoisotopic (exact) mass is 294 g/mol. The Hall–Kier alpha value is -1.29. The van der Waals surface area contributed by atoms with E-state index in [4.69, 9.17) is 4.42 Å². The Kier molecular flexibility index (Phi) is 3.84. The first kappa shape index (κ1) is 12.2. The van der Waals surface area contributed by atoms with E-state index in [1.165, 1.54) is 5.56 Å². The van der Waals surface area contributed by atoms with Crippen LogP contribution in [0.5, 0.6) is 0 Å². The lowest BCUT2D eigenvalue weighted by Gasteiger charge is -2.15. The van der Waals surface area contributed by atoms with E-state index in [0.717, 1.165) is 22.5 Å². The van der Waals surface area contributed by atoms with E-state index in [1.54, 1.807) is 6.26 Å². The minimum absolute atomic E-state index is 0.270. The van der Waals surface area contributed by atoms with Crippen LogP contribution in [0.15, 0.2) is 39.5 Å². The predicted octanol–water partition coefficient (Wildman–Crippen LogP) is 3.79. The average Bonchev–Trinajstić information content (AvgIpc) is 2.77. The molecule has 0 aliphatic rings. The maximum Gasteiger partial charge on any atom is 0.140 e. The molecule has 0 spiro atoms. The fourth-order valence-electron chi connectivity index (χ4n) is 1.66. The van der Waals surface area contributed by atoms with Crippen molar-refractivity contribution < 1.29 is 4.42 Å². The second-order valence-electron chi connectivity index (χ2n) is 4.12. The van der Waals surface area contributed by atoms with Crippen molar-refractivity contribution in [3.05, 3.63) is 46.5 Å². The third kappa shape index (κ3) is 3.09. The summed E-state index contributed by atoms with van der Waals surface area (Å²) in [5.41, 5.74) is 1.17. The van der Waals surface area contributed by atoms with Gasteiger partial charge in [-0.25, -0.2) is 4.98 Å². The van der Waals surface area contributed by atoms with Crippen molar-refractivity contribution in [2.24, 2.45) is 0 Å². The summed E-state index contributed by atoms with van der Waals surface area (Å²) in [6, 6.07) is 6.14. The lowest BCUT2D eigenvalue weighted by Crippen LogP contribution is -2.19. The summed E-state index contributed by atoms with van der Waals surface area (Å²) in [5, 5.41) is 3.37. The van der Waals surface area contributed by atoms with Crippen molar-refractivity contribution in [2.75, 3.05) is 5.32 Å². The molecule has 0 radical (unpaired) electrons. The zero-order chi connectivity index (χ0) is 12.3. The molecule has 0 saturated carbocycles. The SMILES string of the molecule is Cc1ccnc(NC(C)Cc2ccco2)c1Br. The van der Waals surface area contributed by atoms with E-state index >= 15 is 0 Å². The smallest absolute Gasteiger partial charge is 0.140 e. The Morgan fingerprint density at radius 1 is 1.47 bits per heavy atom. The minimum atomic E-state index is 0.270. The van der Waals surface area contributed by atoms with Crippen LogP contribution in [-0.2, 0) is 6.42 Å². The molecule has 2 heterocycles. The van der Waals surface area contributed by atoms with Crippen LogP contribution < -0.4 is 5.32 Å². The molecule has 0 amide bonds. The fourth-order valence-corrected chi connectivity index (χ4v) is 2.00. The van der Waals surface area contributed by atoms with Crippen LogP contribution in [0.3, 0.4) is 0 Å². The maximum atomic E-state index is 5.32. The number of nitrogens with one attached hydrogen (secondary N) is 1. The van der Waals surface area contributed by atoms with Gasteiger partial charge < -0.3 is 9.73 Å². The van der Waals surface area contributed by atoms with Gasteiger partial charge in [0.05, 0.1) is 10.7 Å². The van der Waals surface area contributed by atoms with E-state index in [-0.39, 0.29) is 6.04 Å². The highest BCUT2D eigenvalue weighted by atomic mass is 79.9. The second-order valence-corrected chi connectivity index (χ2v) is 4.91. The molecular weight excluding hydrogens is 280 g/mol. The first-order chi connectivity index (χ1) is 8.16. The third-order valence-electron chi connectivity index (χ3n) is 2.55. The number of halogens is 1. The van der Waals surface area contributed by atoms with Crippen molar-refractivity contribution in [1.82, 2.24) is 4.98 Å². The molecular formula is C13H15BrN2O. The average molecular weight is 295 g/mol. The van der Waals surface area contributed by atoms with Gasteiger partial charge in [-0.3, -0.25) is 0 Å². The molecule has 1 atom stereocenters. The Balaban J connectivity index is 2.03. The number of furan rings is 1. The highest BCUT2D eigenvalue weighted by Gasteiger charge is 2.09. The quantitative estimate of drug-likeness (QED) is 0.932. The van der Waals surface area contributed by atoms with E-state index in [2.05, 4.69) is 33.2 Å². The molecule has 17 heavy (non-hydrogen) atoms. The number of aromatic nitrogens is 1. The van der Waals surface area contributed by atoms with Gasteiger partial charge in [-0.15, -0.1) is 0 Å². The van der Waals surface area contributed by atoms with Gasteiger partial charge in [-0.2, -0.15) is 0 Å². The summed E-state index contributed by atoms with van der Waals surface area (Å²) >= 11 is 3.54. The zero-order valence-corrected chi connectivity index (χ0v) is 11.5. The molecule has 1 unspecified atom stereocenters.